The van der Waals surface area contributed by atoms with E-state index in [9.17, 15) is 0 Å². The molecular weight excluding hydrogens is 184 g/mol. The number of allylic oxidation sites excluding steroid dienone is 1. The quantitative estimate of drug-likeness (QED) is 0.238. The van der Waals surface area contributed by atoms with Crippen molar-refractivity contribution in [1.29, 1.82) is 0 Å². The Hall–Kier alpha value is -0.340. The van der Waals surface area contributed by atoms with Crippen molar-refractivity contribution in [1.82, 2.24) is 5.43 Å². The molecular formula is C13H28N2. The Labute approximate surface area is 95.3 Å². The number of hydrogen-bond acceptors (Lipinski definition) is 2. The number of unbranched alkanes of at least 4 members (excludes halogenated alkanes) is 5. The average molecular weight is 212 g/mol. The highest BCUT2D eigenvalue weighted by molar-refractivity contribution is 4.67. The van der Waals surface area contributed by atoms with E-state index in [2.05, 4.69) is 18.9 Å². The molecule has 0 spiro atoms. The number of nitrogens with two attached hydrogens (primary N) is 1. The lowest BCUT2D eigenvalue weighted by Gasteiger charge is -2.15. The molecule has 2 nitrogen and oxygen atoms in total. The van der Waals surface area contributed by atoms with Crippen molar-refractivity contribution in [3.8, 4) is 0 Å². The van der Waals surface area contributed by atoms with E-state index in [-0.39, 0.29) is 0 Å². The van der Waals surface area contributed by atoms with E-state index in [0.717, 1.165) is 6.42 Å². The molecule has 0 saturated heterocycles. The van der Waals surface area contributed by atoms with Crippen LogP contribution in [-0.2, 0) is 0 Å². The Morgan fingerprint density at radius 2 is 1.80 bits per heavy atom. The van der Waals surface area contributed by atoms with E-state index in [0.29, 0.717) is 6.04 Å². The maximum absolute atomic E-state index is 5.53. The van der Waals surface area contributed by atoms with Crippen LogP contribution in [0, 0.1) is 0 Å². The first-order valence-corrected chi connectivity index (χ1v) is 6.42. The first kappa shape index (κ1) is 14.7. The Kier molecular flexibility index (Phi) is 11.5. The minimum atomic E-state index is 0.528. The summed E-state index contributed by atoms with van der Waals surface area (Å²) in [6.07, 6.45) is 13.4. The third-order valence-electron chi connectivity index (χ3n) is 2.85. The van der Waals surface area contributed by atoms with E-state index >= 15 is 0 Å². The lowest BCUT2D eigenvalue weighted by atomic mass is 10.0. The molecule has 1 atom stereocenters. The second-order valence-corrected chi connectivity index (χ2v) is 4.29. The van der Waals surface area contributed by atoms with E-state index < -0.39 is 0 Å². The van der Waals surface area contributed by atoms with Crippen LogP contribution >= 0.6 is 0 Å². The molecule has 2 heteroatoms. The van der Waals surface area contributed by atoms with Crippen molar-refractivity contribution in [3.63, 3.8) is 0 Å². The van der Waals surface area contributed by atoms with Crippen molar-refractivity contribution in [3.05, 3.63) is 12.7 Å². The predicted molar refractivity (Wildman–Crippen MR) is 68.5 cm³/mol. The standard InChI is InChI=1S/C13H28N2/c1-3-5-7-8-10-12-13(15-14)11-9-6-4-2/h3,13,15H,1,4-12,14H2,2H3. The van der Waals surface area contributed by atoms with Crippen LogP contribution in [0.2, 0.25) is 0 Å². The van der Waals surface area contributed by atoms with Crippen LogP contribution in [0.4, 0.5) is 0 Å². The monoisotopic (exact) mass is 212 g/mol. The molecule has 0 heterocycles. The SMILES string of the molecule is C=CCCCCCC(CCCCC)NN. The van der Waals surface area contributed by atoms with Crippen LogP contribution in [0.25, 0.3) is 0 Å². The Morgan fingerprint density at radius 3 is 2.33 bits per heavy atom. The molecule has 0 aromatic heterocycles. The molecule has 0 fully saturated rings. The fraction of sp³-hybridized carbons (Fsp3) is 0.846. The smallest absolute Gasteiger partial charge is 0.0210 e. The minimum absolute atomic E-state index is 0.528. The summed E-state index contributed by atoms with van der Waals surface area (Å²) >= 11 is 0. The van der Waals surface area contributed by atoms with Gasteiger partial charge in [-0.1, -0.05) is 45.1 Å². The zero-order valence-corrected chi connectivity index (χ0v) is 10.3. The highest BCUT2D eigenvalue weighted by atomic mass is 15.2. The molecule has 0 aromatic rings. The Bertz CT molecular complexity index is 134. The molecule has 1 unspecified atom stereocenters. The summed E-state index contributed by atoms with van der Waals surface area (Å²) in [6, 6.07) is 0.528. The number of hydrogen-bond donors (Lipinski definition) is 2. The van der Waals surface area contributed by atoms with Gasteiger partial charge in [0.25, 0.3) is 0 Å². The van der Waals surface area contributed by atoms with Gasteiger partial charge in [-0.3, -0.25) is 11.3 Å². The van der Waals surface area contributed by atoms with Gasteiger partial charge in [0.05, 0.1) is 0 Å². The fourth-order valence-electron chi connectivity index (χ4n) is 1.81. The number of rotatable bonds is 11. The summed E-state index contributed by atoms with van der Waals surface area (Å²) in [5.41, 5.74) is 2.93. The van der Waals surface area contributed by atoms with Gasteiger partial charge in [-0.25, -0.2) is 0 Å². The molecule has 0 rings (SSSR count). The van der Waals surface area contributed by atoms with Gasteiger partial charge >= 0.3 is 0 Å². The van der Waals surface area contributed by atoms with Crippen molar-refractivity contribution < 1.29 is 0 Å². The average Bonchev–Trinajstić information content (AvgIpc) is 2.26. The molecule has 0 aliphatic carbocycles. The molecule has 3 N–H and O–H groups in total. The van der Waals surface area contributed by atoms with Crippen LogP contribution in [0.5, 0.6) is 0 Å². The molecule has 0 bridgehead atoms. The molecule has 90 valence electrons. The molecule has 0 amide bonds. The lowest BCUT2D eigenvalue weighted by molar-refractivity contribution is 0.425. The lowest BCUT2D eigenvalue weighted by Crippen LogP contribution is -2.34. The summed E-state index contributed by atoms with van der Waals surface area (Å²) in [4.78, 5) is 0. The largest absolute Gasteiger partial charge is 0.271 e. The highest BCUT2D eigenvalue weighted by Crippen LogP contribution is 2.11. The second-order valence-electron chi connectivity index (χ2n) is 4.29. The van der Waals surface area contributed by atoms with Gasteiger partial charge in [0, 0.05) is 6.04 Å². The summed E-state index contributed by atoms with van der Waals surface area (Å²) < 4.78 is 0. The summed E-state index contributed by atoms with van der Waals surface area (Å²) in [5, 5.41) is 0. The van der Waals surface area contributed by atoms with Gasteiger partial charge in [0.15, 0.2) is 0 Å². The van der Waals surface area contributed by atoms with Crippen molar-refractivity contribution in [2.24, 2.45) is 5.84 Å². The van der Waals surface area contributed by atoms with Crippen LogP contribution in [0.3, 0.4) is 0 Å². The zero-order chi connectivity index (χ0) is 11.4. The first-order chi connectivity index (χ1) is 7.35. The van der Waals surface area contributed by atoms with E-state index in [4.69, 9.17) is 5.84 Å². The molecule has 0 radical (unpaired) electrons. The zero-order valence-electron chi connectivity index (χ0n) is 10.3. The topological polar surface area (TPSA) is 38.0 Å². The molecule has 0 saturated carbocycles. The first-order valence-electron chi connectivity index (χ1n) is 6.42. The van der Waals surface area contributed by atoms with Crippen LogP contribution in [0.15, 0.2) is 12.7 Å². The van der Waals surface area contributed by atoms with E-state index in [1.165, 1.54) is 51.4 Å². The fourth-order valence-corrected chi connectivity index (χ4v) is 1.81. The summed E-state index contributed by atoms with van der Waals surface area (Å²) in [7, 11) is 0. The van der Waals surface area contributed by atoms with E-state index in [1.807, 2.05) is 6.08 Å². The minimum Gasteiger partial charge on any atom is -0.271 e. The molecule has 0 aliphatic heterocycles. The van der Waals surface area contributed by atoms with Crippen LogP contribution in [-0.4, -0.2) is 6.04 Å². The maximum Gasteiger partial charge on any atom is 0.0210 e. The number of hydrazine groups is 1. The maximum atomic E-state index is 5.53. The van der Waals surface area contributed by atoms with Gasteiger partial charge in [0.1, 0.15) is 0 Å². The van der Waals surface area contributed by atoms with E-state index in [1.54, 1.807) is 0 Å². The van der Waals surface area contributed by atoms with Gasteiger partial charge < -0.3 is 0 Å². The van der Waals surface area contributed by atoms with Gasteiger partial charge in [0.2, 0.25) is 0 Å². The van der Waals surface area contributed by atoms with Crippen LogP contribution in [0.1, 0.15) is 64.7 Å². The Balaban J connectivity index is 3.31. The second kappa shape index (κ2) is 11.7. The molecule has 0 aromatic carbocycles. The van der Waals surface area contributed by atoms with Gasteiger partial charge in [-0.15, -0.1) is 6.58 Å². The van der Waals surface area contributed by atoms with Crippen molar-refractivity contribution in [2.75, 3.05) is 0 Å². The molecule has 0 aliphatic rings. The van der Waals surface area contributed by atoms with Crippen molar-refractivity contribution >= 4 is 0 Å². The summed E-state index contributed by atoms with van der Waals surface area (Å²) in [6.45, 7) is 5.96. The Morgan fingerprint density at radius 1 is 1.13 bits per heavy atom. The predicted octanol–water partition coefficient (Wildman–Crippen LogP) is 3.54. The molecule has 15 heavy (non-hydrogen) atoms. The summed E-state index contributed by atoms with van der Waals surface area (Å²) in [5.74, 6) is 5.53. The van der Waals surface area contributed by atoms with Gasteiger partial charge in [-0.05, 0) is 25.7 Å². The number of nitrogens with one attached hydrogen (secondary N) is 1. The highest BCUT2D eigenvalue weighted by Gasteiger charge is 2.04. The van der Waals surface area contributed by atoms with Gasteiger partial charge in [-0.2, -0.15) is 0 Å². The van der Waals surface area contributed by atoms with Crippen LogP contribution < -0.4 is 11.3 Å². The normalized spacial score (nSPS) is 12.7. The third-order valence-corrected chi connectivity index (χ3v) is 2.85. The van der Waals surface area contributed by atoms with Crippen molar-refractivity contribution in [2.45, 2.75) is 70.8 Å². The third kappa shape index (κ3) is 9.95.